The first-order valence-corrected chi connectivity index (χ1v) is 9.63. The molecule has 6 nitrogen and oxygen atoms in total. The van der Waals surface area contributed by atoms with Gasteiger partial charge in [0.15, 0.2) is 17.6 Å². The monoisotopic (exact) mass is 386 g/mol. The zero-order valence-electron chi connectivity index (χ0n) is 15.5. The van der Waals surface area contributed by atoms with Gasteiger partial charge in [0.05, 0.1) is 17.3 Å². The van der Waals surface area contributed by atoms with E-state index >= 15 is 0 Å². The third-order valence-corrected chi connectivity index (χ3v) is 5.20. The van der Waals surface area contributed by atoms with E-state index in [0.29, 0.717) is 30.2 Å². The van der Waals surface area contributed by atoms with Crippen molar-refractivity contribution in [2.75, 3.05) is 12.4 Å². The van der Waals surface area contributed by atoms with Gasteiger partial charge < -0.3 is 14.8 Å². The van der Waals surface area contributed by atoms with Crippen LogP contribution >= 0.6 is 11.3 Å². The number of hydrogen-bond donors (Lipinski definition) is 1. The molecule has 1 unspecified atom stereocenters. The molecule has 0 saturated heterocycles. The number of rotatable bonds is 7. The summed E-state index contributed by atoms with van der Waals surface area (Å²) in [5.41, 5.74) is 1.52. The molecule has 1 aromatic heterocycles. The second kappa shape index (κ2) is 8.26. The average molecular weight is 386 g/mol. The topological polar surface area (TPSA) is 69.6 Å². The molecule has 0 bridgehead atoms. The van der Waals surface area contributed by atoms with Crippen molar-refractivity contribution < 1.29 is 14.3 Å². The number of benzene rings is 2. The Bertz CT molecular complexity index is 1010. The van der Waals surface area contributed by atoms with Crippen molar-refractivity contribution >= 4 is 33.1 Å². The summed E-state index contributed by atoms with van der Waals surface area (Å²) in [7, 11) is 1.56. The maximum atomic E-state index is 12.7. The Balaban J connectivity index is 1.78. The molecule has 27 heavy (non-hydrogen) atoms. The van der Waals surface area contributed by atoms with E-state index in [1.54, 1.807) is 29.9 Å². The number of thiazole rings is 1. The molecule has 1 atom stereocenters. The van der Waals surface area contributed by atoms with Gasteiger partial charge >= 0.3 is 4.87 Å². The molecule has 0 fully saturated rings. The fourth-order valence-corrected chi connectivity index (χ4v) is 3.85. The molecule has 0 spiro atoms. The number of amides is 1. The predicted octanol–water partition coefficient (Wildman–Crippen LogP) is 3.89. The summed E-state index contributed by atoms with van der Waals surface area (Å²) < 4.78 is 13.7. The van der Waals surface area contributed by atoms with E-state index in [9.17, 15) is 9.59 Å². The average Bonchev–Trinajstić information content (AvgIpc) is 3.00. The number of carbonyl (C=O) groups excluding carboxylic acids is 1. The number of nitrogens with zero attached hydrogens (tertiary/aromatic N) is 1. The normalized spacial score (nSPS) is 12.0. The van der Waals surface area contributed by atoms with Crippen LogP contribution in [0.3, 0.4) is 0 Å². The van der Waals surface area contributed by atoms with E-state index in [4.69, 9.17) is 9.47 Å². The Morgan fingerprint density at radius 3 is 2.59 bits per heavy atom. The van der Waals surface area contributed by atoms with Crippen LogP contribution in [0.5, 0.6) is 11.5 Å². The molecule has 1 heterocycles. The molecular formula is C20H22N2O4S. The van der Waals surface area contributed by atoms with Gasteiger partial charge in [-0.1, -0.05) is 30.4 Å². The number of para-hydroxylation sites is 2. The van der Waals surface area contributed by atoms with Crippen LogP contribution in [-0.2, 0) is 11.3 Å². The van der Waals surface area contributed by atoms with E-state index in [-0.39, 0.29) is 10.8 Å². The molecule has 7 heteroatoms. The number of aromatic nitrogens is 1. The number of anilines is 1. The third kappa shape index (κ3) is 3.98. The zero-order chi connectivity index (χ0) is 19.4. The van der Waals surface area contributed by atoms with E-state index in [1.165, 1.54) is 11.3 Å². The third-order valence-electron chi connectivity index (χ3n) is 4.25. The van der Waals surface area contributed by atoms with Crippen molar-refractivity contribution in [1.29, 1.82) is 0 Å². The van der Waals surface area contributed by atoms with Crippen LogP contribution in [0.25, 0.3) is 10.2 Å². The van der Waals surface area contributed by atoms with Gasteiger partial charge in [0.25, 0.3) is 5.91 Å². The molecule has 2 aromatic carbocycles. The van der Waals surface area contributed by atoms with Crippen molar-refractivity contribution in [2.24, 2.45) is 0 Å². The second-order valence-corrected chi connectivity index (χ2v) is 6.94. The number of methoxy groups -OCH3 is 1. The van der Waals surface area contributed by atoms with Crippen LogP contribution in [0.4, 0.5) is 5.69 Å². The Kier molecular flexibility index (Phi) is 5.81. The van der Waals surface area contributed by atoms with Crippen molar-refractivity contribution in [3.8, 4) is 11.5 Å². The highest BCUT2D eigenvalue weighted by molar-refractivity contribution is 7.16. The van der Waals surface area contributed by atoms with Crippen LogP contribution in [0.2, 0.25) is 0 Å². The van der Waals surface area contributed by atoms with Gasteiger partial charge in [-0.3, -0.25) is 14.2 Å². The lowest BCUT2D eigenvalue weighted by molar-refractivity contribution is -0.122. The number of fused-ring (bicyclic) bond motifs is 1. The molecule has 3 aromatic rings. The van der Waals surface area contributed by atoms with Gasteiger partial charge in [-0.15, -0.1) is 0 Å². The Labute approximate surface area is 161 Å². The van der Waals surface area contributed by atoms with Crippen LogP contribution < -0.4 is 19.7 Å². The molecule has 3 rings (SSSR count). The minimum atomic E-state index is -0.657. The van der Waals surface area contributed by atoms with Crippen molar-refractivity contribution in [2.45, 2.75) is 32.9 Å². The second-order valence-electron chi connectivity index (χ2n) is 5.95. The van der Waals surface area contributed by atoms with Gasteiger partial charge in [-0.25, -0.2) is 0 Å². The van der Waals surface area contributed by atoms with Gasteiger partial charge in [-0.05, 0) is 43.7 Å². The number of aryl methyl sites for hydroxylation is 1. The lowest BCUT2D eigenvalue weighted by Crippen LogP contribution is -2.32. The van der Waals surface area contributed by atoms with E-state index < -0.39 is 6.10 Å². The lowest BCUT2D eigenvalue weighted by atomic mass is 10.2. The zero-order valence-corrected chi connectivity index (χ0v) is 16.3. The van der Waals surface area contributed by atoms with Crippen molar-refractivity contribution in [3.05, 3.63) is 52.1 Å². The fraction of sp³-hybridized carbons (Fsp3) is 0.300. The smallest absolute Gasteiger partial charge is 0.308 e. The van der Waals surface area contributed by atoms with Crippen molar-refractivity contribution in [3.63, 3.8) is 0 Å². The molecule has 0 aliphatic rings. The SMILES string of the molecule is CCC(Oc1ccccc1OC)C(=O)Nc1ccc2c(c1)sc(=O)n2CC. The highest BCUT2D eigenvalue weighted by atomic mass is 32.1. The number of nitrogens with one attached hydrogen (secondary N) is 1. The summed E-state index contributed by atoms with van der Waals surface area (Å²) in [4.78, 5) is 24.7. The first-order chi connectivity index (χ1) is 13.1. The maximum absolute atomic E-state index is 12.7. The van der Waals surface area contributed by atoms with Crippen LogP contribution in [0, 0.1) is 0 Å². The molecule has 0 saturated carbocycles. The number of carbonyl (C=O) groups is 1. The summed E-state index contributed by atoms with van der Waals surface area (Å²) in [5.74, 6) is 0.858. The Hall–Kier alpha value is -2.80. The number of hydrogen-bond acceptors (Lipinski definition) is 5. The predicted molar refractivity (Wildman–Crippen MR) is 108 cm³/mol. The van der Waals surface area contributed by atoms with E-state index in [1.807, 2.05) is 38.1 Å². The van der Waals surface area contributed by atoms with Gasteiger partial charge in [0.1, 0.15) is 0 Å². The van der Waals surface area contributed by atoms with Crippen LogP contribution in [0.1, 0.15) is 20.3 Å². The van der Waals surface area contributed by atoms with Gasteiger partial charge in [-0.2, -0.15) is 0 Å². The van der Waals surface area contributed by atoms with E-state index in [0.717, 1.165) is 10.2 Å². The minimum absolute atomic E-state index is 0.00178. The molecular weight excluding hydrogens is 364 g/mol. The molecule has 0 radical (unpaired) electrons. The van der Waals surface area contributed by atoms with E-state index in [2.05, 4.69) is 5.32 Å². The Morgan fingerprint density at radius 1 is 1.19 bits per heavy atom. The van der Waals surface area contributed by atoms with Gasteiger partial charge in [0, 0.05) is 12.2 Å². The molecule has 1 amide bonds. The molecule has 1 N–H and O–H groups in total. The maximum Gasteiger partial charge on any atom is 0.308 e. The van der Waals surface area contributed by atoms with Crippen LogP contribution in [-0.4, -0.2) is 23.7 Å². The molecule has 0 aliphatic heterocycles. The first kappa shape index (κ1) is 19.0. The quantitative estimate of drug-likeness (QED) is 0.669. The summed E-state index contributed by atoms with van der Waals surface area (Å²) in [6, 6.07) is 12.7. The molecule has 0 aliphatic carbocycles. The standard InChI is InChI=1S/C20H22N2O4S/c1-4-15(26-17-9-7-6-8-16(17)25-3)19(23)21-13-10-11-14-18(12-13)27-20(24)22(14)5-2/h6-12,15H,4-5H2,1-3H3,(H,21,23). The number of ether oxygens (including phenoxy) is 2. The largest absolute Gasteiger partial charge is 0.493 e. The highest BCUT2D eigenvalue weighted by Crippen LogP contribution is 2.28. The van der Waals surface area contributed by atoms with Crippen LogP contribution in [0.15, 0.2) is 47.3 Å². The Morgan fingerprint density at radius 2 is 1.93 bits per heavy atom. The first-order valence-electron chi connectivity index (χ1n) is 8.81. The summed E-state index contributed by atoms with van der Waals surface area (Å²) >= 11 is 1.17. The summed E-state index contributed by atoms with van der Waals surface area (Å²) in [5, 5.41) is 2.88. The van der Waals surface area contributed by atoms with Crippen molar-refractivity contribution in [1.82, 2.24) is 4.57 Å². The summed E-state index contributed by atoms with van der Waals surface area (Å²) in [6.45, 7) is 4.44. The minimum Gasteiger partial charge on any atom is -0.493 e. The molecule has 142 valence electrons. The highest BCUT2D eigenvalue weighted by Gasteiger charge is 2.20. The van der Waals surface area contributed by atoms with Gasteiger partial charge in [0.2, 0.25) is 0 Å². The lowest BCUT2D eigenvalue weighted by Gasteiger charge is -2.19. The summed E-state index contributed by atoms with van der Waals surface area (Å²) in [6.07, 6.45) is -0.151. The fourth-order valence-electron chi connectivity index (χ4n) is 2.86.